The Hall–Kier alpha value is -1.29. The molecule has 11 heavy (non-hydrogen) atoms. The highest BCUT2D eigenvalue weighted by molar-refractivity contribution is 6.31. The third-order valence-electron chi connectivity index (χ3n) is 0.922. The molecular formula is C6H5ClN2O2. The van der Waals surface area contributed by atoms with Crippen molar-refractivity contribution >= 4 is 17.7 Å². The second-order valence-electron chi connectivity index (χ2n) is 1.71. The number of halogens is 1. The van der Waals surface area contributed by atoms with Gasteiger partial charge in [0.25, 0.3) is 0 Å². The molecule has 0 aliphatic heterocycles. The Kier molecular flexibility index (Phi) is 2.28. The van der Waals surface area contributed by atoms with Crippen LogP contribution in [-0.4, -0.2) is 11.1 Å². The molecule has 0 bridgehead atoms. The summed E-state index contributed by atoms with van der Waals surface area (Å²) in [7, 11) is 0. The van der Waals surface area contributed by atoms with Crippen LogP contribution in [0.25, 0.3) is 0 Å². The average Bonchev–Trinajstić information content (AvgIpc) is 1.93. The molecule has 0 aliphatic carbocycles. The van der Waals surface area contributed by atoms with Gasteiger partial charge in [-0.3, -0.25) is 0 Å². The minimum atomic E-state index is -0.925. The van der Waals surface area contributed by atoms with Crippen LogP contribution in [0.4, 0.5) is 4.79 Å². The second kappa shape index (κ2) is 3.21. The van der Waals surface area contributed by atoms with Crippen molar-refractivity contribution < 1.29 is 9.53 Å². The average molecular weight is 173 g/mol. The van der Waals surface area contributed by atoms with Crippen LogP contribution in [0.15, 0.2) is 18.3 Å². The number of rotatable bonds is 1. The van der Waals surface area contributed by atoms with E-state index in [9.17, 15) is 4.79 Å². The van der Waals surface area contributed by atoms with Gasteiger partial charge >= 0.3 is 6.09 Å². The SMILES string of the molecule is NC(=O)Oc1ncccc1Cl. The molecule has 0 unspecified atom stereocenters. The first-order valence-electron chi connectivity index (χ1n) is 2.78. The zero-order valence-electron chi connectivity index (χ0n) is 5.45. The van der Waals surface area contributed by atoms with Gasteiger partial charge < -0.3 is 10.5 Å². The smallest absolute Gasteiger partial charge is 0.390 e. The Labute approximate surface area is 67.9 Å². The van der Waals surface area contributed by atoms with Gasteiger partial charge in [-0.1, -0.05) is 11.6 Å². The van der Waals surface area contributed by atoms with Crippen LogP contribution in [0.2, 0.25) is 5.02 Å². The van der Waals surface area contributed by atoms with E-state index in [0.717, 1.165) is 0 Å². The molecule has 5 heteroatoms. The molecule has 0 fully saturated rings. The first kappa shape index (κ1) is 7.81. The highest BCUT2D eigenvalue weighted by Crippen LogP contribution is 2.19. The van der Waals surface area contributed by atoms with E-state index >= 15 is 0 Å². The second-order valence-corrected chi connectivity index (χ2v) is 2.12. The molecule has 0 atom stereocenters. The van der Waals surface area contributed by atoms with Crippen LogP contribution in [0.3, 0.4) is 0 Å². The van der Waals surface area contributed by atoms with E-state index in [1.807, 2.05) is 0 Å². The molecule has 0 saturated carbocycles. The van der Waals surface area contributed by atoms with Crippen molar-refractivity contribution in [1.82, 2.24) is 4.98 Å². The van der Waals surface area contributed by atoms with Gasteiger partial charge in [0, 0.05) is 6.20 Å². The number of nitrogens with two attached hydrogens (primary N) is 1. The number of hydrogen-bond donors (Lipinski definition) is 1. The maximum absolute atomic E-state index is 10.2. The van der Waals surface area contributed by atoms with Crippen molar-refractivity contribution in [3.8, 4) is 5.88 Å². The molecule has 1 amide bonds. The fourth-order valence-corrected chi connectivity index (χ4v) is 0.702. The Morgan fingerprint density at radius 2 is 2.45 bits per heavy atom. The van der Waals surface area contributed by atoms with E-state index in [2.05, 4.69) is 9.72 Å². The lowest BCUT2D eigenvalue weighted by Gasteiger charge is -1.99. The minimum Gasteiger partial charge on any atom is -0.390 e. The summed E-state index contributed by atoms with van der Waals surface area (Å²) in [5, 5.41) is 0.256. The standard InChI is InChI=1S/C6H5ClN2O2/c7-4-2-1-3-9-5(4)11-6(8)10/h1-3H,(H2,8,10). The van der Waals surface area contributed by atoms with Gasteiger partial charge in [-0.25, -0.2) is 9.78 Å². The van der Waals surface area contributed by atoms with Crippen molar-refractivity contribution in [3.63, 3.8) is 0 Å². The lowest BCUT2D eigenvalue weighted by atomic mass is 10.5. The highest BCUT2D eigenvalue weighted by Gasteiger charge is 2.03. The van der Waals surface area contributed by atoms with E-state index < -0.39 is 6.09 Å². The van der Waals surface area contributed by atoms with Crippen LogP contribution in [0, 0.1) is 0 Å². The number of carbonyl (C=O) groups is 1. The lowest BCUT2D eigenvalue weighted by molar-refractivity contribution is 0.209. The molecule has 0 radical (unpaired) electrons. The van der Waals surface area contributed by atoms with E-state index in [0.29, 0.717) is 0 Å². The zero-order chi connectivity index (χ0) is 8.27. The normalized spacial score (nSPS) is 9.18. The number of pyridine rings is 1. The molecule has 0 saturated heterocycles. The summed E-state index contributed by atoms with van der Waals surface area (Å²) >= 11 is 5.57. The molecule has 1 aromatic rings. The van der Waals surface area contributed by atoms with Crippen LogP contribution in [0.5, 0.6) is 5.88 Å². The Bertz CT molecular complexity index is 277. The Morgan fingerprint density at radius 1 is 1.73 bits per heavy atom. The maximum atomic E-state index is 10.2. The largest absolute Gasteiger partial charge is 0.411 e. The first-order valence-corrected chi connectivity index (χ1v) is 3.16. The lowest BCUT2D eigenvalue weighted by Crippen LogP contribution is -2.17. The Morgan fingerprint density at radius 3 is 3.00 bits per heavy atom. The van der Waals surface area contributed by atoms with Crippen LogP contribution >= 0.6 is 11.6 Å². The van der Waals surface area contributed by atoms with Gasteiger partial charge in [0.15, 0.2) is 0 Å². The van der Waals surface area contributed by atoms with E-state index in [4.69, 9.17) is 17.3 Å². The fraction of sp³-hybridized carbons (Fsp3) is 0. The van der Waals surface area contributed by atoms with Crippen molar-refractivity contribution in [3.05, 3.63) is 23.4 Å². The van der Waals surface area contributed by atoms with Gasteiger partial charge in [-0.2, -0.15) is 0 Å². The van der Waals surface area contributed by atoms with Gasteiger partial charge in [-0.05, 0) is 12.1 Å². The highest BCUT2D eigenvalue weighted by atomic mass is 35.5. The first-order chi connectivity index (χ1) is 5.20. The van der Waals surface area contributed by atoms with Crippen molar-refractivity contribution in [1.29, 1.82) is 0 Å². The third kappa shape index (κ3) is 2.09. The third-order valence-corrected chi connectivity index (χ3v) is 1.21. The number of ether oxygens (including phenoxy) is 1. The van der Waals surface area contributed by atoms with Crippen LogP contribution in [0.1, 0.15) is 0 Å². The summed E-state index contributed by atoms with van der Waals surface area (Å²) < 4.78 is 4.44. The molecular weight excluding hydrogens is 168 g/mol. The monoisotopic (exact) mass is 172 g/mol. The van der Waals surface area contributed by atoms with Crippen LogP contribution < -0.4 is 10.5 Å². The molecule has 58 valence electrons. The zero-order valence-corrected chi connectivity index (χ0v) is 6.21. The van der Waals surface area contributed by atoms with Crippen molar-refractivity contribution in [2.75, 3.05) is 0 Å². The number of primary amides is 1. The molecule has 0 spiro atoms. The number of hydrogen-bond acceptors (Lipinski definition) is 3. The molecule has 0 aliphatic rings. The summed E-state index contributed by atoms with van der Waals surface area (Å²) in [5.41, 5.74) is 4.73. The number of amides is 1. The van der Waals surface area contributed by atoms with Crippen molar-refractivity contribution in [2.24, 2.45) is 5.73 Å². The molecule has 4 nitrogen and oxygen atoms in total. The summed E-state index contributed by atoms with van der Waals surface area (Å²) in [4.78, 5) is 13.9. The minimum absolute atomic E-state index is 0.0293. The van der Waals surface area contributed by atoms with E-state index in [1.165, 1.54) is 6.20 Å². The van der Waals surface area contributed by atoms with Crippen molar-refractivity contribution in [2.45, 2.75) is 0 Å². The number of aromatic nitrogens is 1. The van der Waals surface area contributed by atoms with Crippen LogP contribution in [-0.2, 0) is 0 Å². The molecule has 1 heterocycles. The molecule has 1 rings (SSSR count). The predicted molar refractivity (Wildman–Crippen MR) is 39.5 cm³/mol. The van der Waals surface area contributed by atoms with Gasteiger partial charge in [-0.15, -0.1) is 0 Å². The number of carbonyl (C=O) groups excluding carboxylic acids is 1. The van der Waals surface area contributed by atoms with Gasteiger partial charge in [0.05, 0.1) is 0 Å². The fourth-order valence-electron chi connectivity index (χ4n) is 0.542. The molecule has 1 aromatic heterocycles. The predicted octanol–water partition coefficient (Wildman–Crippen LogP) is 1.19. The van der Waals surface area contributed by atoms with E-state index in [-0.39, 0.29) is 10.9 Å². The summed E-state index contributed by atoms with van der Waals surface area (Å²) in [6.45, 7) is 0. The molecule has 2 N–H and O–H groups in total. The summed E-state index contributed by atoms with van der Waals surface area (Å²) in [6.07, 6.45) is 0.523. The topological polar surface area (TPSA) is 65.2 Å². The van der Waals surface area contributed by atoms with E-state index in [1.54, 1.807) is 12.1 Å². The van der Waals surface area contributed by atoms with Gasteiger partial charge in [0.2, 0.25) is 5.88 Å². The molecule has 0 aromatic carbocycles. The quantitative estimate of drug-likeness (QED) is 0.692. The number of nitrogens with zero attached hydrogens (tertiary/aromatic N) is 1. The maximum Gasteiger partial charge on any atom is 0.411 e. The van der Waals surface area contributed by atoms with Gasteiger partial charge in [0.1, 0.15) is 5.02 Å². The summed E-state index contributed by atoms with van der Waals surface area (Å²) in [6, 6.07) is 3.17. The summed E-state index contributed by atoms with van der Waals surface area (Å²) in [5.74, 6) is 0.0293. The Balaban J connectivity index is 2.86.